The van der Waals surface area contributed by atoms with Crippen molar-refractivity contribution in [3.63, 3.8) is 0 Å². The molecule has 0 unspecified atom stereocenters. The number of nitrogens with two attached hydrogens (primary N) is 1. The predicted octanol–water partition coefficient (Wildman–Crippen LogP) is 0.934. The minimum absolute atomic E-state index is 0.0293. The van der Waals surface area contributed by atoms with Crippen molar-refractivity contribution >= 4 is 44.8 Å². The number of primary amides is 1. The molecule has 3 N–H and O–H groups in total. The van der Waals surface area contributed by atoms with Crippen molar-refractivity contribution in [3.8, 4) is 0 Å². The molecule has 0 aromatic heterocycles. The van der Waals surface area contributed by atoms with Crippen molar-refractivity contribution in [1.82, 2.24) is 0 Å². The molecule has 1 aliphatic heterocycles. The summed E-state index contributed by atoms with van der Waals surface area (Å²) in [4.78, 5) is 37.2. The van der Waals surface area contributed by atoms with E-state index in [1.807, 2.05) is 0 Å². The average molecular weight is 424 g/mol. The number of ether oxygens (including phenoxy) is 1. The zero-order valence-corrected chi connectivity index (χ0v) is 16.0. The summed E-state index contributed by atoms with van der Waals surface area (Å²) in [5.41, 5.74) is 5.72. The number of carbonyl (C=O) groups is 3. The number of rotatable bonds is 7. The molecule has 1 aromatic carbocycles. The molecule has 1 aromatic rings. The van der Waals surface area contributed by atoms with E-state index in [1.54, 1.807) is 6.07 Å². The second-order valence-corrected chi connectivity index (χ2v) is 8.98. The van der Waals surface area contributed by atoms with Crippen molar-refractivity contribution < 1.29 is 23.5 Å². The van der Waals surface area contributed by atoms with Crippen LogP contribution >= 0.6 is 0 Å². The quantitative estimate of drug-likeness (QED) is 0.502. The van der Waals surface area contributed by atoms with Gasteiger partial charge in [0.25, 0.3) is 0 Å². The molecule has 1 radical (unpaired) electrons. The number of morpholine rings is 1. The molecular weight excluding hydrogens is 404 g/mol. The van der Waals surface area contributed by atoms with Crippen LogP contribution in [0.4, 0.5) is 15.8 Å². The summed E-state index contributed by atoms with van der Waals surface area (Å²) in [7, 11) is 0. The zero-order chi connectivity index (χ0) is 18.7. The fourth-order valence-corrected chi connectivity index (χ4v) is 5.32. The third kappa shape index (κ3) is 4.62. The number of benzene rings is 1. The van der Waals surface area contributed by atoms with Crippen LogP contribution in [0.3, 0.4) is 0 Å². The van der Waals surface area contributed by atoms with Crippen molar-refractivity contribution in [3.05, 3.63) is 24.0 Å². The van der Waals surface area contributed by atoms with E-state index in [0.29, 0.717) is 24.8 Å². The third-order valence-electron chi connectivity index (χ3n) is 4.27. The fourth-order valence-electron chi connectivity index (χ4n) is 2.62. The Bertz CT molecular complexity index is 726. The first-order valence-corrected chi connectivity index (χ1v) is 10.8. The Labute approximate surface area is 157 Å². The number of amides is 3. The maximum atomic E-state index is 14.4. The van der Waals surface area contributed by atoms with Gasteiger partial charge in [-0.15, -0.1) is 0 Å². The number of carbonyl (C=O) groups excluding carboxylic acids is 3. The molecule has 3 rings (SSSR count). The Morgan fingerprint density at radius 3 is 2.81 bits per heavy atom. The molecule has 2 fully saturated rings. The number of anilines is 2. The van der Waals surface area contributed by atoms with Crippen LogP contribution in [0.15, 0.2) is 18.2 Å². The molecule has 2 aliphatic rings. The molecule has 7 nitrogen and oxygen atoms in total. The van der Waals surface area contributed by atoms with E-state index >= 15 is 0 Å². The monoisotopic (exact) mass is 424 g/mol. The van der Waals surface area contributed by atoms with Crippen LogP contribution in [0.25, 0.3) is 0 Å². The summed E-state index contributed by atoms with van der Waals surface area (Å²) < 4.78 is 18.6. The summed E-state index contributed by atoms with van der Waals surface area (Å²) in [5.74, 6) is -1.54. The predicted molar refractivity (Wildman–Crippen MR) is 94.4 cm³/mol. The van der Waals surface area contributed by atoms with Gasteiger partial charge in [0.05, 0.1) is 0 Å². The van der Waals surface area contributed by atoms with Gasteiger partial charge in [-0.25, -0.2) is 0 Å². The molecule has 26 heavy (non-hydrogen) atoms. The number of hydrogen-bond donors (Lipinski definition) is 2. The van der Waals surface area contributed by atoms with Crippen molar-refractivity contribution in [2.45, 2.75) is 22.8 Å². The van der Waals surface area contributed by atoms with E-state index in [2.05, 4.69) is 5.32 Å². The summed E-state index contributed by atoms with van der Waals surface area (Å²) in [5, 5.41) is 3.32. The molecule has 1 aliphatic carbocycles. The van der Waals surface area contributed by atoms with Gasteiger partial charge in [0, 0.05) is 0 Å². The van der Waals surface area contributed by atoms with Gasteiger partial charge >= 0.3 is 157 Å². The number of nitrogens with zero attached hydrogens (tertiary/aromatic N) is 1. The van der Waals surface area contributed by atoms with Gasteiger partial charge in [0.2, 0.25) is 0 Å². The minimum atomic E-state index is -0.883. The summed E-state index contributed by atoms with van der Waals surface area (Å²) in [6.45, 7) is 0.694. The molecule has 9 heteroatoms. The number of halogens is 1. The standard InChI is InChI=1S/C17H20AsFN3O4/c19-12-7-11(22-5-6-26-9-14(22)23)3-4-13(12)21-17(25)15(16(20)24)18-8-10-1-2-10/h3-4,7,10,15H,1-2,5-6,8-9H2,(H2,20,24)(H,21,25)/t15-/m0/s1. The van der Waals surface area contributed by atoms with Gasteiger partial charge in [-0.2, -0.15) is 0 Å². The zero-order valence-electron chi connectivity index (χ0n) is 14.1. The van der Waals surface area contributed by atoms with Gasteiger partial charge in [0.15, 0.2) is 0 Å². The second kappa shape index (κ2) is 8.18. The SMILES string of the molecule is NC(=O)[C@H]([As]CC1CC1)C(=O)Nc1ccc(N2CCOCC2=O)cc1F. The van der Waals surface area contributed by atoms with E-state index in [4.69, 9.17) is 10.5 Å². The van der Waals surface area contributed by atoms with E-state index in [0.717, 1.165) is 18.1 Å². The first-order chi connectivity index (χ1) is 12.5. The van der Waals surface area contributed by atoms with Gasteiger partial charge in [-0.1, -0.05) is 0 Å². The molecule has 139 valence electrons. The Balaban J connectivity index is 1.67. The second-order valence-electron chi connectivity index (χ2n) is 6.36. The first-order valence-electron chi connectivity index (χ1n) is 8.40. The van der Waals surface area contributed by atoms with E-state index in [1.165, 1.54) is 17.0 Å². The molecule has 3 amide bonds. The van der Waals surface area contributed by atoms with E-state index in [9.17, 15) is 18.8 Å². The number of nitrogens with one attached hydrogen (secondary N) is 1. The van der Waals surface area contributed by atoms with E-state index < -0.39 is 38.1 Å². The Hall–Kier alpha value is -1.92. The fraction of sp³-hybridized carbons (Fsp3) is 0.471. The van der Waals surface area contributed by atoms with Crippen LogP contribution in [-0.2, 0) is 19.1 Å². The van der Waals surface area contributed by atoms with Crippen molar-refractivity contribution in [2.75, 3.05) is 30.0 Å². The molecule has 1 saturated carbocycles. The molecule has 1 atom stereocenters. The van der Waals surface area contributed by atoms with E-state index in [-0.39, 0.29) is 18.2 Å². The number of hydrogen-bond acceptors (Lipinski definition) is 4. The maximum absolute atomic E-state index is 14.4. The molecule has 1 heterocycles. The van der Waals surface area contributed by atoms with Crippen LogP contribution in [0, 0.1) is 11.7 Å². The van der Waals surface area contributed by atoms with Gasteiger partial charge in [-0.3, -0.25) is 0 Å². The van der Waals surface area contributed by atoms with Crippen LogP contribution < -0.4 is 16.0 Å². The molecular formula is C17H20AsFN3O4. The normalized spacial score (nSPS) is 19.0. The summed E-state index contributed by atoms with van der Waals surface area (Å²) in [6, 6.07) is 4.13. The molecule has 0 spiro atoms. The van der Waals surface area contributed by atoms with Crippen molar-refractivity contribution in [2.24, 2.45) is 11.7 Å². The Morgan fingerprint density at radius 1 is 1.42 bits per heavy atom. The van der Waals surface area contributed by atoms with Crippen molar-refractivity contribution in [1.29, 1.82) is 0 Å². The summed E-state index contributed by atoms with van der Waals surface area (Å²) in [6.07, 6.45) is 2.28. The Morgan fingerprint density at radius 2 is 2.19 bits per heavy atom. The van der Waals surface area contributed by atoms with Crippen LogP contribution in [0.5, 0.6) is 0 Å². The average Bonchev–Trinajstić information content (AvgIpc) is 3.41. The topological polar surface area (TPSA) is 102 Å². The van der Waals surface area contributed by atoms with Gasteiger partial charge < -0.3 is 0 Å². The van der Waals surface area contributed by atoms with Gasteiger partial charge in [0.1, 0.15) is 0 Å². The van der Waals surface area contributed by atoms with Gasteiger partial charge in [-0.05, 0) is 0 Å². The third-order valence-corrected chi connectivity index (χ3v) is 7.59. The Kier molecular flexibility index (Phi) is 5.93. The first kappa shape index (κ1) is 18.9. The van der Waals surface area contributed by atoms with Crippen LogP contribution in [0.2, 0.25) is 9.91 Å². The molecule has 0 bridgehead atoms. The van der Waals surface area contributed by atoms with Crippen LogP contribution in [-0.4, -0.2) is 53.2 Å². The summed E-state index contributed by atoms with van der Waals surface area (Å²) >= 11 is -0.548. The van der Waals surface area contributed by atoms with Crippen LogP contribution in [0.1, 0.15) is 12.8 Å². The molecule has 1 saturated heterocycles.